The summed E-state index contributed by atoms with van der Waals surface area (Å²) in [6.45, 7) is 0.776. The Hall–Kier alpha value is -2.04. The van der Waals surface area contributed by atoms with E-state index in [-0.39, 0.29) is 18.4 Å². The van der Waals surface area contributed by atoms with Crippen molar-refractivity contribution in [3.63, 3.8) is 0 Å². The summed E-state index contributed by atoms with van der Waals surface area (Å²) in [5.74, 6) is 0.446. The van der Waals surface area contributed by atoms with Crippen LogP contribution in [0.15, 0.2) is 24.3 Å². The predicted octanol–water partition coefficient (Wildman–Crippen LogP) is 1.30. The van der Waals surface area contributed by atoms with Crippen molar-refractivity contribution < 1.29 is 9.59 Å². The van der Waals surface area contributed by atoms with Crippen LogP contribution >= 0.6 is 0 Å². The second-order valence-electron chi connectivity index (χ2n) is 6.22. The molecule has 0 unspecified atom stereocenters. The molecule has 112 valence electrons. The van der Waals surface area contributed by atoms with Gasteiger partial charge in [-0.05, 0) is 61.3 Å². The van der Waals surface area contributed by atoms with Crippen molar-refractivity contribution in [3.8, 4) is 0 Å². The number of nitrogens with one attached hydrogen (secondary N) is 2. The van der Waals surface area contributed by atoms with E-state index in [0.29, 0.717) is 16.7 Å². The van der Waals surface area contributed by atoms with Crippen LogP contribution in [0.1, 0.15) is 36.0 Å². The first-order chi connectivity index (χ1) is 10.1. The van der Waals surface area contributed by atoms with Gasteiger partial charge in [0, 0.05) is 17.8 Å². The zero-order chi connectivity index (χ0) is 14.9. The summed E-state index contributed by atoms with van der Waals surface area (Å²) in [6.07, 6.45) is 5.08. The highest BCUT2D eigenvalue weighted by atomic mass is 16.2. The van der Waals surface area contributed by atoms with Gasteiger partial charge in [0.15, 0.2) is 0 Å². The van der Waals surface area contributed by atoms with Crippen LogP contribution in [-0.4, -0.2) is 24.9 Å². The lowest BCUT2D eigenvalue weighted by Gasteiger charge is -2.15. The van der Waals surface area contributed by atoms with Crippen LogP contribution in [0.4, 0.5) is 5.69 Å². The molecule has 2 fully saturated rings. The molecule has 0 atom stereocenters. The molecule has 1 aromatic carbocycles. The van der Waals surface area contributed by atoms with Gasteiger partial charge >= 0.3 is 0 Å². The number of benzene rings is 1. The molecule has 0 aromatic heterocycles. The number of carbonyl (C=O) groups excluding carboxylic acids is 2. The fourth-order valence-electron chi connectivity index (χ4n) is 2.82. The van der Waals surface area contributed by atoms with Gasteiger partial charge in [0.25, 0.3) is 5.91 Å². The maximum atomic E-state index is 11.9. The van der Waals surface area contributed by atoms with Crippen LogP contribution in [-0.2, 0) is 4.79 Å². The highest BCUT2D eigenvalue weighted by Crippen LogP contribution is 2.60. The Morgan fingerprint density at radius 1 is 1.14 bits per heavy atom. The first-order valence-corrected chi connectivity index (χ1v) is 7.49. The van der Waals surface area contributed by atoms with E-state index < -0.39 is 0 Å². The third-order valence-corrected chi connectivity index (χ3v) is 4.56. The monoisotopic (exact) mass is 287 g/mol. The fourth-order valence-corrected chi connectivity index (χ4v) is 2.82. The van der Waals surface area contributed by atoms with Crippen molar-refractivity contribution in [2.24, 2.45) is 11.3 Å². The number of nitrogen functional groups attached to an aromatic ring is 1. The van der Waals surface area contributed by atoms with Gasteiger partial charge in [-0.2, -0.15) is 0 Å². The molecule has 0 heterocycles. The molecule has 0 saturated heterocycles. The molecule has 4 N–H and O–H groups in total. The number of rotatable bonds is 6. The molecular formula is C16H21N3O2. The standard InChI is InChI=1S/C16H21N3O2/c17-13-5-1-11(2-6-13)15(21)18-9-14(20)19-10-16(7-8-16)12-3-4-12/h1-2,5-6,12H,3-4,7-10,17H2,(H,18,21)(H,19,20). The molecule has 3 rings (SSSR count). The van der Waals surface area contributed by atoms with Gasteiger partial charge in [0.05, 0.1) is 6.54 Å². The Morgan fingerprint density at radius 2 is 1.81 bits per heavy atom. The molecule has 2 aliphatic carbocycles. The van der Waals surface area contributed by atoms with Crippen molar-refractivity contribution in [2.45, 2.75) is 25.7 Å². The van der Waals surface area contributed by atoms with Gasteiger partial charge in [0.1, 0.15) is 0 Å². The average molecular weight is 287 g/mol. The summed E-state index contributed by atoms with van der Waals surface area (Å²) in [5, 5.41) is 5.58. The van der Waals surface area contributed by atoms with Gasteiger partial charge in [-0.1, -0.05) is 0 Å². The molecule has 2 aliphatic rings. The lowest BCUT2D eigenvalue weighted by atomic mass is 10.0. The SMILES string of the molecule is Nc1ccc(C(=O)NCC(=O)NCC2(C3CC3)CC2)cc1. The van der Waals surface area contributed by atoms with E-state index in [2.05, 4.69) is 10.6 Å². The second kappa shape index (κ2) is 5.39. The Labute approximate surface area is 124 Å². The van der Waals surface area contributed by atoms with E-state index in [4.69, 9.17) is 5.73 Å². The fraction of sp³-hybridized carbons (Fsp3) is 0.500. The van der Waals surface area contributed by atoms with Crippen molar-refractivity contribution in [1.29, 1.82) is 0 Å². The van der Waals surface area contributed by atoms with Crippen molar-refractivity contribution in [3.05, 3.63) is 29.8 Å². The van der Waals surface area contributed by atoms with Crippen LogP contribution in [0.25, 0.3) is 0 Å². The first kappa shape index (κ1) is 13.9. The number of hydrogen-bond acceptors (Lipinski definition) is 3. The minimum absolute atomic E-state index is 0.0178. The average Bonchev–Trinajstić information content (AvgIpc) is 3.36. The minimum Gasteiger partial charge on any atom is -0.399 e. The number of carbonyl (C=O) groups is 2. The van der Waals surface area contributed by atoms with Crippen LogP contribution in [0.5, 0.6) is 0 Å². The molecule has 2 amide bonds. The smallest absolute Gasteiger partial charge is 0.251 e. The maximum absolute atomic E-state index is 11.9. The third kappa shape index (κ3) is 3.35. The van der Waals surface area contributed by atoms with E-state index >= 15 is 0 Å². The maximum Gasteiger partial charge on any atom is 0.251 e. The van der Waals surface area contributed by atoms with Gasteiger partial charge in [-0.15, -0.1) is 0 Å². The van der Waals surface area contributed by atoms with E-state index in [0.717, 1.165) is 12.5 Å². The largest absolute Gasteiger partial charge is 0.399 e. The Kier molecular flexibility index (Phi) is 3.57. The Morgan fingerprint density at radius 3 is 2.38 bits per heavy atom. The molecule has 5 heteroatoms. The van der Waals surface area contributed by atoms with Crippen LogP contribution in [0, 0.1) is 11.3 Å². The second-order valence-corrected chi connectivity index (χ2v) is 6.22. The highest BCUT2D eigenvalue weighted by Gasteiger charge is 2.53. The number of nitrogens with two attached hydrogens (primary N) is 1. The topological polar surface area (TPSA) is 84.2 Å². The van der Waals surface area contributed by atoms with Gasteiger partial charge in [0.2, 0.25) is 5.91 Å². The number of hydrogen-bond donors (Lipinski definition) is 3. The Bertz CT molecular complexity index is 545. The molecular weight excluding hydrogens is 266 g/mol. The molecule has 2 saturated carbocycles. The van der Waals surface area contributed by atoms with Crippen LogP contribution in [0.3, 0.4) is 0 Å². The zero-order valence-corrected chi connectivity index (χ0v) is 12.0. The predicted molar refractivity (Wildman–Crippen MR) is 80.6 cm³/mol. The quantitative estimate of drug-likeness (QED) is 0.690. The normalized spacial score (nSPS) is 18.9. The molecule has 21 heavy (non-hydrogen) atoms. The zero-order valence-electron chi connectivity index (χ0n) is 12.0. The lowest BCUT2D eigenvalue weighted by Crippen LogP contribution is -2.39. The van der Waals surface area contributed by atoms with Crippen LogP contribution in [0.2, 0.25) is 0 Å². The minimum atomic E-state index is -0.256. The summed E-state index contributed by atoms with van der Waals surface area (Å²) >= 11 is 0. The number of anilines is 1. The van der Waals surface area contributed by atoms with Gasteiger partial charge in [-0.25, -0.2) is 0 Å². The van der Waals surface area contributed by atoms with Gasteiger partial charge < -0.3 is 16.4 Å². The molecule has 5 nitrogen and oxygen atoms in total. The first-order valence-electron chi connectivity index (χ1n) is 7.49. The summed E-state index contributed by atoms with van der Waals surface area (Å²) < 4.78 is 0. The van der Waals surface area contributed by atoms with Crippen molar-refractivity contribution in [1.82, 2.24) is 10.6 Å². The van der Waals surface area contributed by atoms with E-state index in [1.807, 2.05) is 0 Å². The summed E-state index contributed by atoms with van der Waals surface area (Å²) in [6, 6.07) is 6.63. The van der Waals surface area contributed by atoms with Crippen LogP contribution < -0.4 is 16.4 Å². The number of amides is 2. The summed E-state index contributed by atoms with van der Waals surface area (Å²) in [7, 11) is 0. The van der Waals surface area contributed by atoms with E-state index in [9.17, 15) is 9.59 Å². The van der Waals surface area contributed by atoms with Crippen molar-refractivity contribution in [2.75, 3.05) is 18.8 Å². The van der Waals surface area contributed by atoms with Gasteiger partial charge in [-0.3, -0.25) is 9.59 Å². The molecule has 0 aliphatic heterocycles. The third-order valence-electron chi connectivity index (χ3n) is 4.56. The van der Waals surface area contributed by atoms with E-state index in [1.54, 1.807) is 24.3 Å². The molecule has 0 spiro atoms. The summed E-state index contributed by atoms with van der Waals surface area (Å²) in [4.78, 5) is 23.7. The van der Waals surface area contributed by atoms with Crippen molar-refractivity contribution >= 4 is 17.5 Å². The molecule has 1 aromatic rings. The Balaban J connectivity index is 1.41. The highest BCUT2D eigenvalue weighted by molar-refractivity contribution is 5.96. The van der Waals surface area contributed by atoms with E-state index in [1.165, 1.54) is 25.7 Å². The summed E-state index contributed by atoms with van der Waals surface area (Å²) in [5.41, 5.74) is 7.07. The lowest BCUT2D eigenvalue weighted by molar-refractivity contribution is -0.120. The molecule has 0 bridgehead atoms. The molecule has 0 radical (unpaired) electrons.